The molecule has 130 valence electrons. The number of nitrogens with one attached hydrogen (secondary N) is 1. The van der Waals surface area contributed by atoms with Crippen molar-refractivity contribution in [2.75, 3.05) is 6.54 Å². The van der Waals surface area contributed by atoms with Crippen LogP contribution >= 0.6 is 0 Å². The Morgan fingerprint density at radius 3 is 2.60 bits per heavy atom. The molecule has 25 heavy (non-hydrogen) atoms. The molecule has 0 fully saturated rings. The maximum absolute atomic E-state index is 12.3. The first-order chi connectivity index (χ1) is 12.0. The third kappa shape index (κ3) is 4.12. The van der Waals surface area contributed by atoms with Gasteiger partial charge in [-0.05, 0) is 50.1 Å². The molecule has 0 saturated heterocycles. The van der Waals surface area contributed by atoms with E-state index in [1.165, 1.54) is 6.33 Å². The zero-order chi connectivity index (χ0) is 17.8. The van der Waals surface area contributed by atoms with Crippen molar-refractivity contribution in [3.8, 4) is 5.69 Å². The van der Waals surface area contributed by atoms with Gasteiger partial charge in [0.1, 0.15) is 12.7 Å². The number of rotatable bonds is 6. The topological polar surface area (TPSA) is 77.6 Å². The Balaban J connectivity index is 1.54. The number of aromatic nitrogens is 5. The second-order valence-electron chi connectivity index (χ2n) is 6.31. The Bertz CT molecular complexity index is 835. The van der Waals surface area contributed by atoms with Crippen molar-refractivity contribution < 1.29 is 4.79 Å². The fraction of sp³-hybridized carbons (Fsp3) is 0.333. The highest BCUT2D eigenvalue weighted by Crippen LogP contribution is 2.09. The number of carbonyl (C=O) groups is 1. The maximum atomic E-state index is 12.3. The van der Waals surface area contributed by atoms with E-state index in [9.17, 15) is 4.79 Å². The molecule has 1 aromatic carbocycles. The molecule has 1 unspecified atom stereocenters. The normalized spacial score (nSPS) is 12.1. The number of carbonyl (C=O) groups excluding carboxylic acids is 1. The van der Waals surface area contributed by atoms with Crippen LogP contribution in [0.3, 0.4) is 0 Å². The second-order valence-corrected chi connectivity index (χ2v) is 6.31. The van der Waals surface area contributed by atoms with Crippen LogP contribution in [0.2, 0.25) is 0 Å². The van der Waals surface area contributed by atoms with Crippen LogP contribution in [0, 0.1) is 19.8 Å². The highest BCUT2D eigenvalue weighted by molar-refractivity contribution is 5.94. The molecule has 2 heterocycles. The number of nitrogens with zero attached hydrogens (tertiary/aromatic N) is 5. The molecule has 2 aromatic heterocycles. The van der Waals surface area contributed by atoms with Gasteiger partial charge in [-0.2, -0.15) is 10.2 Å². The van der Waals surface area contributed by atoms with Gasteiger partial charge in [0.15, 0.2) is 0 Å². The van der Waals surface area contributed by atoms with Crippen LogP contribution in [-0.2, 0) is 6.54 Å². The van der Waals surface area contributed by atoms with E-state index in [0.717, 1.165) is 23.6 Å². The molecule has 1 N–H and O–H groups in total. The Labute approximate surface area is 146 Å². The molecule has 1 atom stereocenters. The summed E-state index contributed by atoms with van der Waals surface area (Å²) >= 11 is 0. The van der Waals surface area contributed by atoms with Gasteiger partial charge in [0.05, 0.1) is 11.4 Å². The minimum absolute atomic E-state index is 0.0784. The van der Waals surface area contributed by atoms with Crippen LogP contribution in [0.5, 0.6) is 0 Å². The van der Waals surface area contributed by atoms with E-state index in [-0.39, 0.29) is 11.8 Å². The largest absolute Gasteiger partial charge is 0.352 e. The van der Waals surface area contributed by atoms with Gasteiger partial charge < -0.3 is 5.32 Å². The summed E-state index contributed by atoms with van der Waals surface area (Å²) in [5.41, 5.74) is 3.65. The molecule has 0 radical (unpaired) electrons. The van der Waals surface area contributed by atoms with Crippen LogP contribution in [0.15, 0.2) is 43.0 Å². The molecule has 0 saturated carbocycles. The van der Waals surface area contributed by atoms with Crippen molar-refractivity contribution in [2.24, 2.45) is 5.92 Å². The van der Waals surface area contributed by atoms with Gasteiger partial charge in [0, 0.05) is 24.3 Å². The predicted octanol–water partition coefficient (Wildman–Crippen LogP) is 2.15. The summed E-state index contributed by atoms with van der Waals surface area (Å²) in [6, 6.07) is 9.34. The summed E-state index contributed by atoms with van der Waals surface area (Å²) in [5.74, 6) is 0.210. The van der Waals surface area contributed by atoms with E-state index in [2.05, 4.69) is 33.5 Å². The summed E-state index contributed by atoms with van der Waals surface area (Å²) in [6.07, 6.45) is 3.10. The third-order valence-electron chi connectivity index (χ3n) is 4.01. The molecule has 0 aliphatic heterocycles. The molecule has 7 nitrogen and oxygen atoms in total. The minimum atomic E-state index is -0.0784. The van der Waals surface area contributed by atoms with Crippen molar-refractivity contribution in [3.63, 3.8) is 0 Å². The number of hydrogen-bond donors (Lipinski definition) is 1. The Morgan fingerprint density at radius 1 is 1.24 bits per heavy atom. The van der Waals surface area contributed by atoms with Crippen LogP contribution in [0.4, 0.5) is 0 Å². The first-order valence-electron chi connectivity index (χ1n) is 8.27. The fourth-order valence-corrected chi connectivity index (χ4v) is 2.70. The summed E-state index contributed by atoms with van der Waals surface area (Å²) in [5, 5.41) is 11.5. The highest BCUT2D eigenvalue weighted by Gasteiger charge is 2.10. The van der Waals surface area contributed by atoms with Crippen molar-refractivity contribution in [3.05, 3.63) is 59.9 Å². The molecular formula is C18H22N6O. The number of benzene rings is 1. The predicted molar refractivity (Wildman–Crippen MR) is 94.6 cm³/mol. The molecule has 1 amide bonds. The smallest absolute Gasteiger partial charge is 0.251 e. The lowest BCUT2D eigenvalue weighted by atomic mass is 10.1. The Kier molecular flexibility index (Phi) is 4.92. The van der Waals surface area contributed by atoms with E-state index in [1.807, 2.05) is 30.7 Å². The molecule has 3 aromatic rings. The fourth-order valence-electron chi connectivity index (χ4n) is 2.70. The molecule has 0 aliphatic carbocycles. The lowest BCUT2D eigenvalue weighted by Gasteiger charge is -2.14. The zero-order valence-corrected chi connectivity index (χ0v) is 14.7. The first-order valence-corrected chi connectivity index (χ1v) is 8.27. The monoisotopic (exact) mass is 338 g/mol. The van der Waals surface area contributed by atoms with Crippen LogP contribution < -0.4 is 5.32 Å². The van der Waals surface area contributed by atoms with E-state index >= 15 is 0 Å². The van der Waals surface area contributed by atoms with E-state index in [4.69, 9.17) is 0 Å². The zero-order valence-electron chi connectivity index (χ0n) is 14.7. The number of aryl methyl sites for hydroxylation is 2. The molecule has 3 rings (SSSR count). The van der Waals surface area contributed by atoms with Crippen LogP contribution in [0.25, 0.3) is 5.69 Å². The second kappa shape index (κ2) is 7.29. The molecular weight excluding hydrogens is 316 g/mol. The minimum Gasteiger partial charge on any atom is -0.352 e. The van der Waals surface area contributed by atoms with Gasteiger partial charge in [0.2, 0.25) is 0 Å². The summed E-state index contributed by atoms with van der Waals surface area (Å²) in [7, 11) is 0. The van der Waals surface area contributed by atoms with Crippen molar-refractivity contribution in [2.45, 2.75) is 27.3 Å². The first kappa shape index (κ1) is 16.9. The standard InChI is InChI=1S/C18H22N6O/c1-13(10-23-15(3)8-14(2)22-23)9-20-18(25)16-4-6-17(7-5-16)24-12-19-11-21-24/h4-8,11-13H,9-10H2,1-3H3,(H,20,25). The van der Waals surface area contributed by atoms with Gasteiger partial charge in [-0.25, -0.2) is 9.67 Å². The molecule has 0 aliphatic rings. The maximum Gasteiger partial charge on any atom is 0.251 e. The highest BCUT2D eigenvalue weighted by atomic mass is 16.1. The van der Waals surface area contributed by atoms with Crippen molar-refractivity contribution in [1.82, 2.24) is 29.9 Å². The van der Waals surface area contributed by atoms with Gasteiger partial charge in [-0.15, -0.1) is 0 Å². The Morgan fingerprint density at radius 2 is 2.00 bits per heavy atom. The average Bonchev–Trinajstić information content (AvgIpc) is 3.23. The molecule has 0 spiro atoms. The molecule has 7 heteroatoms. The van der Waals surface area contributed by atoms with Crippen LogP contribution in [-0.4, -0.2) is 37.0 Å². The van der Waals surface area contributed by atoms with Crippen molar-refractivity contribution in [1.29, 1.82) is 0 Å². The quantitative estimate of drug-likeness (QED) is 0.747. The van der Waals surface area contributed by atoms with Crippen molar-refractivity contribution >= 4 is 5.91 Å². The van der Waals surface area contributed by atoms with Gasteiger partial charge in [-0.3, -0.25) is 9.48 Å². The number of amides is 1. The summed E-state index contributed by atoms with van der Waals surface area (Å²) in [4.78, 5) is 16.2. The van der Waals surface area contributed by atoms with E-state index in [0.29, 0.717) is 12.1 Å². The van der Waals surface area contributed by atoms with Gasteiger partial charge in [-0.1, -0.05) is 6.92 Å². The number of hydrogen-bond acceptors (Lipinski definition) is 4. The summed E-state index contributed by atoms with van der Waals surface area (Å²) in [6.45, 7) is 7.51. The SMILES string of the molecule is Cc1cc(C)n(CC(C)CNC(=O)c2ccc(-n3cncn3)cc2)n1. The van der Waals surface area contributed by atoms with E-state index < -0.39 is 0 Å². The van der Waals surface area contributed by atoms with E-state index in [1.54, 1.807) is 23.1 Å². The lowest BCUT2D eigenvalue weighted by Crippen LogP contribution is -2.30. The van der Waals surface area contributed by atoms with Gasteiger partial charge >= 0.3 is 0 Å². The average molecular weight is 338 g/mol. The molecule has 0 bridgehead atoms. The Hall–Kier alpha value is -2.96. The van der Waals surface area contributed by atoms with Gasteiger partial charge in [0.25, 0.3) is 5.91 Å². The lowest BCUT2D eigenvalue weighted by molar-refractivity contribution is 0.0946. The summed E-state index contributed by atoms with van der Waals surface area (Å²) < 4.78 is 3.64. The van der Waals surface area contributed by atoms with Crippen LogP contribution in [0.1, 0.15) is 28.7 Å². The third-order valence-corrected chi connectivity index (χ3v) is 4.01.